The zero-order valence-electron chi connectivity index (χ0n) is 16.2. The Morgan fingerprint density at radius 2 is 2.10 bits per heavy atom. The van der Waals surface area contributed by atoms with Gasteiger partial charge in [-0.1, -0.05) is 12.1 Å². The van der Waals surface area contributed by atoms with Crippen molar-refractivity contribution in [3.8, 4) is 5.75 Å². The number of hydrogen-bond donors (Lipinski definition) is 3. The average Bonchev–Trinajstić information content (AvgIpc) is 3.40. The first-order chi connectivity index (χ1) is 14.2. The summed E-state index contributed by atoms with van der Waals surface area (Å²) in [7, 11) is 1.63. The van der Waals surface area contributed by atoms with Gasteiger partial charge in [0, 0.05) is 19.5 Å². The van der Waals surface area contributed by atoms with Crippen LogP contribution in [0.4, 0.5) is 0 Å². The number of nitrogens with one attached hydrogen (secondary N) is 2. The molecule has 3 aromatic rings. The number of furan rings is 1. The van der Waals surface area contributed by atoms with Crippen LogP contribution in [0.2, 0.25) is 0 Å². The number of hydrogen-bond acceptors (Lipinski definition) is 6. The van der Waals surface area contributed by atoms with Gasteiger partial charge in [-0.2, -0.15) is 0 Å². The molecule has 1 aliphatic rings. The number of carbonyl (C=O) groups is 1. The van der Waals surface area contributed by atoms with Gasteiger partial charge < -0.3 is 24.6 Å². The Morgan fingerprint density at radius 3 is 2.83 bits per heavy atom. The molecule has 1 atom stereocenters. The molecule has 1 aliphatic heterocycles. The van der Waals surface area contributed by atoms with Crippen LogP contribution in [-0.2, 0) is 37.5 Å². The van der Waals surface area contributed by atoms with E-state index in [1.165, 1.54) is 0 Å². The number of nitrogens with zero attached hydrogens (tertiary/aromatic N) is 2. The van der Waals surface area contributed by atoms with Crippen LogP contribution in [0.25, 0.3) is 0 Å². The number of ether oxygens (including phenoxy) is 1. The van der Waals surface area contributed by atoms with Gasteiger partial charge in [-0.05, 0) is 29.8 Å². The van der Waals surface area contributed by atoms with Crippen molar-refractivity contribution in [3.05, 3.63) is 71.2 Å². The molecule has 3 N–H and O–H groups in total. The lowest BCUT2D eigenvalue weighted by molar-refractivity contribution is -0.127. The van der Waals surface area contributed by atoms with Crippen molar-refractivity contribution in [2.75, 3.05) is 7.11 Å². The third-order valence-electron chi connectivity index (χ3n) is 5.16. The molecule has 0 fully saturated rings. The molecule has 2 aromatic heterocycles. The van der Waals surface area contributed by atoms with Crippen molar-refractivity contribution in [3.63, 3.8) is 0 Å². The second kappa shape index (κ2) is 8.50. The van der Waals surface area contributed by atoms with Gasteiger partial charge in [0.15, 0.2) is 0 Å². The molecule has 3 heterocycles. The van der Waals surface area contributed by atoms with Crippen LogP contribution in [0.1, 0.15) is 28.5 Å². The Balaban J connectivity index is 1.46. The number of aromatic amines is 1. The van der Waals surface area contributed by atoms with Gasteiger partial charge in [0.25, 0.3) is 0 Å². The number of aliphatic hydroxyl groups excluding tert-OH is 1. The van der Waals surface area contributed by atoms with E-state index in [1.54, 1.807) is 19.5 Å². The lowest BCUT2D eigenvalue weighted by atomic mass is 10.0. The van der Waals surface area contributed by atoms with Gasteiger partial charge in [0.05, 0.1) is 37.4 Å². The molecule has 0 unspecified atom stereocenters. The predicted octanol–water partition coefficient (Wildman–Crippen LogP) is 1.75. The first-order valence-corrected chi connectivity index (χ1v) is 9.50. The number of imidazole rings is 1. The molecule has 152 valence electrons. The predicted molar refractivity (Wildman–Crippen MR) is 105 cm³/mol. The molecule has 29 heavy (non-hydrogen) atoms. The highest BCUT2D eigenvalue weighted by Crippen LogP contribution is 2.24. The standard InChI is InChI=1S/C21H24N4O4/c1-28-15-4-2-14(3-5-15)9-22-21(27)20-8-18-19(24-13-23-18)11-25(20)10-16-6-7-17(12-26)29-16/h2-7,13,20,26H,8-12H2,1H3,(H,22,27)(H,23,24)/t20-/m0/s1. The van der Waals surface area contributed by atoms with E-state index < -0.39 is 0 Å². The largest absolute Gasteiger partial charge is 0.497 e. The van der Waals surface area contributed by atoms with Gasteiger partial charge in [-0.25, -0.2) is 4.98 Å². The van der Waals surface area contributed by atoms with Crippen LogP contribution in [0.15, 0.2) is 47.1 Å². The topological polar surface area (TPSA) is 104 Å². The summed E-state index contributed by atoms with van der Waals surface area (Å²) in [6, 6.07) is 10.8. The second-order valence-electron chi connectivity index (χ2n) is 7.04. The molecule has 0 saturated carbocycles. The summed E-state index contributed by atoms with van der Waals surface area (Å²) in [5, 5.41) is 12.2. The van der Waals surface area contributed by atoms with Crippen LogP contribution in [-0.4, -0.2) is 39.0 Å². The number of H-pyrrole nitrogens is 1. The van der Waals surface area contributed by atoms with Crippen LogP contribution in [0.5, 0.6) is 5.75 Å². The Labute approximate surface area is 168 Å². The minimum absolute atomic E-state index is 0.0524. The molecule has 0 saturated heterocycles. The molecule has 4 rings (SSSR count). The fourth-order valence-corrected chi connectivity index (χ4v) is 3.56. The first-order valence-electron chi connectivity index (χ1n) is 9.50. The Bertz CT molecular complexity index is 963. The first kappa shape index (κ1) is 19.2. The third kappa shape index (κ3) is 4.33. The van der Waals surface area contributed by atoms with Crippen LogP contribution < -0.4 is 10.1 Å². The number of aliphatic hydroxyl groups is 1. The number of fused-ring (bicyclic) bond motifs is 1. The van der Waals surface area contributed by atoms with Crippen molar-refractivity contribution < 1.29 is 19.1 Å². The zero-order chi connectivity index (χ0) is 20.2. The average molecular weight is 396 g/mol. The summed E-state index contributed by atoms with van der Waals surface area (Å²) in [6.07, 6.45) is 2.19. The maximum absolute atomic E-state index is 13.0. The number of benzene rings is 1. The van der Waals surface area contributed by atoms with Gasteiger partial charge in [-0.15, -0.1) is 0 Å². The van der Waals surface area contributed by atoms with Crippen molar-refractivity contribution >= 4 is 5.91 Å². The van der Waals surface area contributed by atoms with Gasteiger partial charge in [0.2, 0.25) is 5.91 Å². The normalized spacial score (nSPS) is 16.4. The molecule has 1 aromatic carbocycles. The number of carbonyl (C=O) groups excluding carboxylic acids is 1. The SMILES string of the molecule is COc1ccc(CNC(=O)[C@@H]2Cc3nc[nH]c3CN2Cc2ccc(CO)o2)cc1. The highest BCUT2D eigenvalue weighted by molar-refractivity contribution is 5.82. The van der Waals surface area contributed by atoms with Crippen molar-refractivity contribution in [1.29, 1.82) is 0 Å². The highest BCUT2D eigenvalue weighted by atomic mass is 16.5. The van der Waals surface area contributed by atoms with E-state index in [2.05, 4.69) is 20.2 Å². The fourth-order valence-electron chi connectivity index (χ4n) is 3.56. The number of aromatic nitrogens is 2. The van der Waals surface area contributed by atoms with Crippen LogP contribution in [0.3, 0.4) is 0 Å². The summed E-state index contributed by atoms with van der Waals surface area (Å²) < 4.78 is 10.8. The third-order valence-corrected chi connectivity index (χ3v) is 5.16. The molecule has 0 aliphatic carbocycles. The molecule has 0 bridgehead atoms. The van der Waals surface area contributed by atoms with E-state index in [-0.39, 0.29) is 18.6 Å². The molecule has 1 amide bonds. The number of methoxy groups -OCH3 is 1. The van der Waals surface area contributed by atoms with Gasteiger partial charge in [0.1, 0.15) is 23.9 Å². The zero-order valence-corrected chi connectivity index (χ0v) is 16.2. The number of rotatable bonds is 7. The lowest BCUT2D eigenvalue weighted by Crippen LogP contribution is -2.49. The Kier molecular flexibility index (Phi) is 5.64. The van der Waals surface area contributed by atoms with E-state index >= 15 is 0 Å². The Hall–Kier alpha value is -3.10. The van der Waals surface area contributed by atoms with Crippen LogP contribution in [0, 0.1) is 0 Å². The number of amides is 1. The van der Waals surface area contributed by atoms with E-state index in [1.807, 2.05) is 30.3 Å². The van der Waals surface area contributed by atoms with E-state index in [0.717, 1.165) is 22.7 Å². The van der Waals surface area contributed by atoms with E-state index in [0.29, 0.717) is 37.6 Å². The second-order valence-corrected chi connectivity index (χ2v) is 7.04. The quantitative estimate of drug-likeness (QED) is 0.562. The summed E-state index contributed by atoms with van der Waals surface area (Å²) in [4.78, 5) is 22.6. The minimum atomic E-state index is -0.355. The summed E-state index contributed by atoms with van der Waals surface area (Å²) in [5.74, 6) is 1.96. The van der Waals surface area contributed by atoms with Crippen molar-refractivity contribution in [2.45, 2.75) is 38.7 Å². The van der Waals surface area contributed by atoms with Gasteiger partial charge >= 0.3 is 0 Å². The minimum Gasteiger partial charge on any atom is -0.497 e. The fraction of sp³-hybridized carbons (Fsp3) is 0.333. The van der Waals surface area contributed by atoms with Crippen molar-refractivity contribution in [2.24, 2.45) is 0 Å². The summed E-state index contributed by atoms with van der Waals surface area (Å²) in [6.45, 7) is 1.34. The summed E-state index contributed by atoms with van der Waals surface area (Å²) >= 11 is 0. The summed E-state index contributed by atoms with van der Waals surface area (Å²) in [5.41, 5.74) is 2.93. The van der Waals surface area contributed by atoms with Gasteiger partial charge in [-0.3, -0.25) is 9.69 Å². The van der Waals surface area contributed by atoms with Crippen molar-refractivity contribution in [1.82, 2.24) is 20.2 Å². The molecule has 8 heteroatoms. The lowest BCUT2D eigenvalue weighted by Gasteiger charge is -2.33. The molecular formula is C21H24N4O4. The smallest absolute Gasteiger partial charge is 0.238 e. The Morgan fingerprint density at radius 1 is 1.31 bits per heavy atom. The molecule has 0 spiro atoms. The highest BCUT2D eigenvalue weighted by Gasteiger charge is 2.33. The van der Waals surface area contributed by atoms with E-state index in [9.17, 15) is 9.90 Å². The molecule has 8 nitrogen and oxygen atoms in total. The molecule has 0 radical (unpaired) electrons. The monoisotopic (exact) mass is 396 g/mol. The maximum Gasteiger partial charge on any atom is 0.238 e. The van der Waals surface area contributed by atoms with E-state index in [4.69, 9.17) is 9.15 Å². The van der Waals surface area contributed by atoms with Crippen LogP contribution >= 0.6 is 0 Å². The molecular weight excluding hydrogens is 372 g/mol. The maximum atomic E-state index is 13.0.